The van der Waals surface area contributed by atoms with Crippen LogP contribution in [0.2, 0.25) is 0 Å². The van der Waals surface area contributed by atoms with Gasteiger partial charge in [-0.25, -0.2) is 0 Å². The number of nitrogens with zero attached hydrogens (tertiary/aromatic N) is 2. The maximum Gasteiger partial charge on any atom is 0.308 e. The van der Waals surface area contributed by atoms with E-state index >= 15 is 0 Å². The molecule has 1 saturated heterocycles. The van der Waals surface area contributed by atoms with Gasteiger partial charge in [0.25, 0.3) is 0 Å². The van der Waals surface area contributed by atoms with E-state index in [0.29, 0.717) is 23.8 Å². The molecule has 1 unspecified atom stereocenters. The van der Waals surface area contributed by atoms with Crippen molar-refractivity contribution in [3.63, 3.8) is 0 Å². The van der Waals surface area contributed by atoms with Gasteiger partial charge in [-0.15, -0.1) is 11.8 Å². The number of carbonyl (C=O) groups excluding carboxylic acids is 2. The molecule has 1 fully saturated rings. The Hall–Kier alpha value is -2.54. The van der Waals surface area contributed by atoms with Gasteiger partial charge >= 0.3 is 5.97 Å². The number of benzene rings is 1. The second-order valence-corrected chi connectivity index (χ2v) is 6.61. The SMILES string of the molecule is COc1cc(C2SCC(=O)N2Cc2ccncc2)ccc1OC(C)=O. The molecule has 0 saturated carbocycles. The van der Waals surface area contributed by atoms with Crippen LogP contribution in [-0.2, 0) is 16.1 Å². The maximum atomic E-state index is 12.3. The molecule has 0 aliphatic carbocycles. The fourth-order valence-electron chi connectivity index (χ4n) is 2.66. The summed E-state index contributed by atoms with van der Waals surface area (Å²) in [6.07, 6.45) is 3.43. The number of rotatable bonds is 5. The van der Waals surface area contributed by atoms with E-state index in [0.717, 1.165) is 11.1 Å². The first-order valence-electron chi connectivity index (χ1n) is 7.75. The predicted octanol–water partition coefficient (Wildman–Crippen LogP) is 2.79. The highest BCUT2D eigenvalue weighted by molar-refractivity contribution is 8.00. The largest absolute Gasteiger partial charge is 0.493 e. The van der Waals surface area contributed by atoms with Gasteiger partial charge < -0.3 is 14.4 Å². The van der Waals surface area contributed by atoms with Crippen molar-refractivity contribution in [2.75, 3.05) is 12.9 Å². The van der Waals surface area contributed by atoms with Gasteiger partial charge in [-0.3, -0.25) is 14.6 Å². The lowest BCUT2D eigenvalue weighted by Crippen LogP contribution is -2.27. The number of hydrogen-bond acceptors (Lipinski definition) is 6. The zero-order valence-electron chi connectivity index (χ0n) is 14.0. The summed E-state index contributed by atoms with van der Waals surface area (Å²) in [7, 11) is 1.52. The van der Waals surface area contributed by atoms with E-state index in [-0.39, 0.29) is 11.3 Å². The van der Waals surface area contributed by atoms with E-state index in [4.69, 9.17) is 9.47 Å². The molecule has 25 heavy (non-hydrogen) atoms. The zero-order chi connectivity index (χ0) is 17.8. The third-order valence-electron chi connectivity index (χ3n) is 3.80. The number of ether oxygens (including phenoxy) is 2. The molecule has 0 radical (unpaired) electrons. The third kappa shape index (κ3) is 3.93. The van der Waals surface area contributed by atoms with Crippen LogP contribution in [0.25, 0.3) is 0 Å². The van der Waals surface area contributed by atoms with Gasteiger partial charge in [0, 0.05) is 25.9 Å². The van der Waals surface area contributed by atoms with Gasteiger partial charge in [0.15, 0.2) is 11.5 Å². The summed E-state index contributed by atoms with van der Waals surface area (Å²) < 4.78 is 10.5. The molecule has 2 heterocycles. The quantitative estimate of drug-likeness (QED) is 0.605. The van der Waals surface area contributed by atoms with Crippen LogP contribution in [0.4, 0.5) is 0 Å². The molecule has 1 aromatic carbocycles. The lowest BCUT2D eigenvalue weighted by molar-refractivity contribution is -0.132. The molecule has 7 heteroatoms. The van der Waals surface area contributed by atoms with Gasteiger partial charge in [-0.1, -0.05) is 6.07 Å². The Morgan fingerprint density at radius 2 is 2.04 bits per heavy atom. The summed E-state index contributed by atoms with van der Waals surface area (Å²) in [5.41, 5.74) is 1.96. The molecule has 0 bridgehead atoms. The summed E-state index contributed by atoms with van der Waals surface area (Å²) in [5.74, 6) is 0.958. The Bertz CT molecular complexity index is 782. The molecule has 0 N–H and O–H groups in total. The van der Waals surface area contributed by atoms with Crippen LogP contribution in [0.3, 0.4) is 0 Å². The highest BCUT2D eigenvalue weighted by Crippen LogP contribution is 2.42. The van der Waals surface area contributed by atoms with E-state index in [2.05, 4.69) is 4.98 Å². The monoisotopic (exact) mass is 358 g/mol. The van der Waals surface area contributed by atoms with Crippen LogP contribution < -0.4 is 9.47 Å². The van der Waals surface area contributed by atoms with Crippen LogP contribution in [-0.4, -0.2) is 34.6 Å². The fraction of sp³-hybridized carbons (Fsp3) is 0.278. The first-order chi connectivity index (χ1) is 12.1. The molecule has 0 spiro atoms. The van der Waals surface area contributed by atoms with Crippen molar-refractivity contribution in [2.45, 2.75) is 18.8 Å². The van der Waals surface area contributed by atoms with Crippen molar-refractivity contribution in [3.05, 3.63) is 53.9 Å². The number of pyridine rings is 1. The van der Waals surface area contributed by atoms with Crippen LogP contribution in [0.15, 0.2) is 42.7 Å². The van der Waals surface area contributed by atoms with Gasteiger partial charge in [0.2, 0.25) is 5.91 Å². The van der Waals surface area contributed by atoms with Gasteiger partial charge in [-0.2, -0.15) is 0 Å². The summed E-state index contributed by atoms with van der Waals surface area (Å²) in [4.78, 5) is 29.3. The first-order valence-corrected chi connectivity index (χ1v) is 8.79. The normalized spacial score (nSPS) is 16.8. The second-order valence-electron chi connectivity index (χ2n) is 5.54. The second kappa shape index (κ2) is 7.57. The number of methoxy groups -OCH3 is 1. The van der Waals surface area contributed by atoms with Crippen LogP contribution in [0.1, 0.15) is 23.4 Å². The highest BCUT2D eigenvalue weighted by Gasteiger charge is 2.33. The van der Waals surface area contributed by atoms with Gasteiger partial charge in [0.1, 0.15) is 5.37 Å². The molecular formula is C18H18N2O4S. The number of esters is 1. The smallest absolute Gasteiger partial charge is 0.308 e. The lowest BCUT2D eigenvalue weighted by Gasteiger charge is -2.25. The summed E-state index contributed by atoms with van der Waals surface area (Å²) >= 11 is 1.57. The summed E-state index contributed by atoms with van der Waals surface area (Å²) in [5, 5.41) is -0.110. The molecular weight excluding hydrogens is 340 g/mol. The summed E-state index contributed by atoms with van der Waals surface area (Å²) in [6, 6.07) is 9.17. The molecule has 1 atom stereocenters. The first kappa shape index (κ1) is 17.3. The fourth-order valence-corrected chi connectivity index (χ4v) is 3.84. The Labute approximate surface area is 150 Å². The van der Waals surface area contributed by atoms with Gasteiger partial charge in [0.05, 0.1) is 12.9 Å². The number of amides is 1. The minimum atomic E-state index is -0.407. The molecule has 3 rings (SSSR count). The average Bonchev–Trinajstić information content (AvgIpc) is 2.96. The Kier molecular flexibility index (Phi) is 5.23. The summed E-state index contributed by atoms with van der Waals surface area (Å²) in [6.45, 7) is 1.86. The van der Waals surface area contributed by atoms with Crippen LogP contribution in [0, 0.1) is 0 Å². The molecule has 1 aromatic heterocycles. The van der Waals surface area contributed by atoms with Gasteiger partial charge in [-0.05, 0) is 35.4 Å². The van der Waals surface area contributed by atoms with E-state index in [9.17, 15) is 9.59 Å². The molecule has 1 amide bonds. The van der Waals surface area contributed by atoms with E-state index in [1.165, 1.54) is 14.0 Å². The zero-order valence-corrected chi connectivity index (χ0v) is 14.8. The Morgan fingerprint density at radius 3 is 2.72 bits per heavy atom. The van der Waals surface area contributed by atoms with Crippen molar-refractivity contribution >= 4 is 23.6 Å². The minimum absolute atomic E-state index is 0.0924. The highest BCUT2D eigenvalue weighted by atomic mass is 32.2. The Morgan fingerprint density at radius 1 is 1.28 bits per heavy atom. The van der Waals surface area contributed by atoms with Crippen molar-refractivity contribution in [1.29, 1.82) is 0 Å². The van der Waals surface area contributed by atoms with Crippen molar-refractivity contribution in [1.82, 2.24) is 9.88 Å². The van der Waals surface area contributed by atoms with Crippen LogP contribution in [0.5, 0.6) is 11.5 Å². The van der Waals surface area contributed by atoms with Crippen LogP contribution >= 0.6 is 11.8 Å². The van der Waals surface area contributed by atoms with Crippen molar-refractivity contribution < 1.29 is 19.1 Å². The van der Waals surface area contributed by atoms with E-state index < -0.39 is 5.97 Å². The number of hydrogen-bond donors (Lipinski definition) is 0. The van der Waals surface area contributed by atoms with E-state index in [1.54, 1.807) is 30.2 Å². The lowest BCUT2D eigenvalue weighted by atomic mass is 10.1. The molecule has 2 aromatic rings. The average molecular weight is 358 g/mol. The molecule has 6 nitrogen and oxygen atoms in total. The van der Waals surface area contributed by atoms with E-state index in [1.807, 2.05) is 29.2 Å². The number of aromatic nitrogens is 1. The third-order valence-corrected chi connectivity index (χ3v) is 5.05. The van der Waals surface area contributed by atoms with Crippen molar-refractivity contribution in [3.8, 4) is 11.5 Å². The topological polar surface area (TPSA) is 68.7 Å². The maximum absolute atomic E-state index is 12.3. The van der Waals surface area contributed by atoms with Crippen molar-refractivity contribution in [2.24, 2.45) is 0 Å². The Balaban J connectivity index is 1.86. The molecule has 1 aliphatic heterocycles. The standard InChI is InChI=1S/C18H18N2O4S/c1-12(21)24-15-4-3-14(9-16(15)23-2)18-20(17(22)11-25-18)10-13-5-7-19-8-6-13/h3-9,18H,10-11H2,1-2H3. The molecule has 130 valence electrons. The molecule has 1 aliphatic rings. The minimum Gasteiger partial charge on any atom is -0.493 e. The number of thioether (sulfide) groups is 1. The number of carbonyl (C=O) groups is 2. The predicted molar refractivity (Wildman–Crippen MR) is 94.3 cm³/mol.